The summed E-state index contributed by atoms with van der Waals surface area (Å²) in [5.41, 5.74) is -1.38. The van der Waals surface area contributed by atoms with E-state index in [1.807, 2.05) is 13.8 Å². The van der Waals surface area contributed by atoms with Crippen molar-refractivity contribution in [1.29, 1.82) is 0 Å². The number of rotatable bonds is 6. The number of urea groups is 1. The fourth-order valence-corrected chi connectivity index (χ4v) is 1.27. The van der Waals surface area contributed by atoms with Crippen LogP contribution in [0, 0.1) is 0 Å². The average molecular weight is 273 g/mol. The van der Waals surface area contributed by atoms with E-state index in [1.165, 1.54) is 18.7 Å². The van der Waals surface area contributed by atoms with E-state index in [4.69, 9.17) is 5.11 Å². The summed E-state index contributed by atoms with van der Waals surface area (Å²) in [7, 11) is 0. The molecule has 0 aliphatic rings. The van der Waals surface area contributed by atoms with Gasteiger partial charge < -0.3 is 20.6 Å². The fraction of sp³-hybridized carbons (Fsp3) is 0.750. The van der Waals surface area contributed by atoms with E-state index in [-0.39, 0.29) is 18.5 Å². The zero-order valence-electron chi connectivity index (χ0n) is 12.1. The number of likely N-dealkylation sites (N-methyl/N-ethyl adjacent to an activating group) is 1. The summed E-state index contributed by atoms with van der Waals surface area (Å²) in [6.07, 6.45) is 0. The standard InChI is InChI=1S/C12H23N3O4/c1-6-15(7-9(16)13-8(2)3)11(19)14-12(4,5)10(17)18/h8H,6-7H2,1-5H3,(H,13,16)(H,14,19)(H,17,18). The highest BCUT2D eigenvalue weighted by molar-refractivity contribution is 5.88. The Morgan fingerprint density at radius 1 is 1.26 bits per heavy atom. The monoisotopic (exact) mass is 273 g/mol. The largest absolute Gasteiger partial charge is 0.480 e. The van der Waals surface area contributed by atoms with Crippen LogP contribution in [0.5, 0.6) is 0 Å². The van der Waals surface area contributed by atoms with Crippen molar-refractivity contribution in [3.8, 4) is 0 Å². The van der Waals surface area contributed by atoms with Crippen molar-refractivity contribution in [3.05, 3.63) is 0 Å². The average Bonchev–Trinajstić information content (AvgIpc) is 2.23. The second-order valence-corrected chi connectivity index (χ2v) is 5.10. The molecule has 0 saturated carbocycles. The van der Waals surface area contributed by atoms with Gasteiger partial charge in [-0.1, -0.05) is 0 Å². The third kappa shape index (κ3) is 6.08. The van der Waals surface area contributed by atoms with Crippen LogP contribution in [0.15, 0.2) is 0 Å². The molecule has 0 heterocycles. The molecule has 110 valence electrons. The molecule has 0 aliphatic heterocycles. The lowest BCUT2D eigenvalue weighted by molar-refractivity contribution is -0.143. The molecular weight excluding hydrogens is 250 g/mol. The number of nitrogens with zero attached hydrogens (tertiary/aromatic N) is 1. The molecule has 0 aromatic heterocycles. The Morgan fingerprint density at radius 2 is 1.79 bits per heavy atom. The van der Waals surface area contributed by atoms with Crippen LogP contribution in [0.2, 0.25) is 0 Å². The smallest absolute Gasteiger partial charge is 0.328 e. The molecule has 3 N–H and O–H groups in total. The number of carbonyl (C=O) groups is 3. The van der Waals surface area contributed by atoms with E-state index in [1.54, 1.807) is 6.92 Å². The van der Waals surface area contributed by atoms with E-state index in [0.29, 0.717) is 6.54 Å². The van der Waals surface area contributed by atoms with Crippen LogP contribution in [0.4, 0.5) is 4.79 Å². The van der Waals surface area contributed by atoms with Gasteiger partial charge in [-0.25, -0.2) is 9.59 Å². The van der Waals surface area contributed by atoms with Crippen molar-refractivity contribution >= 4 is 17.9 Å². The topological polar surface area (TPSA) is 98.7 Å². The molecule has 0 radical (unpaired) electrons. The maximum absolute atomic E-state index is 11.9. The van der Waals surface area contributed by atoms with Crippen molar-refractivity contribution in [3.63, 3.8) is 0 Å². The molecule has 0 fully saturated rings. The van der Waals surface area contributed by atoms with Crippen LogP contribution in [0.1, 0.15) is 34.6 Å². The molecule has 7 heteroatoms. The van der Waals surface area contributed by atoms with Gasteiger partial charge in [-0.3, -0.25) is 4.79 Å². The van der Waals surface area contributed by atoms with Gasteiger partial charge in [-0.15, -0.1) is 0 Å². The van der Waals surface area contributed by atoms with Crippen LogP contribution < -0.4 is 10.6 Å². The van der Waals surface area contributed by atoms with Gasteiger partial charge in [0.1, 0.15) is 12.1 Å². The zero-order valence-corrected chi connectivity index (χ0v) is 12.1. The first-order valence-electron chi connectivity index (χ1n) is 6.20. The minimum atomic E-state index is -1.38. The number of hydrogen-bond donors (Lipinski definition) is 3. The van der Waals surface area contributed by atoms with Gasteiger partial charge in [-0.05, 0) is 34.6 Å². The van der Waals surface area contributed by atoms with Gasteiger partial charge in [-0.2, -0.15) is 0 Å². The number of hydrogen-bond acceptors (Lipinski definition) is 3. The van der Waals surface area contributed by atoms with Crippen molar-refractivity contribution in [2.45, 2.75) is 46.2 Å². The van der Waals surface area contributed by atoms with Crippen LogP contribution in [-0.2, 0) is 9.59 Å². The van der Waals surface area contributed by atoms with Crippen LogP contribution in [0.3, 0.4) is 0 Å². The summed E-state index contributed by atoms with van der Waals surface area (Å²) in [5, 5.41) is 14.0. The normalized spacial score (nSPS) is 11.1. The van der Waals surface area contributed by atoms with Gasteiger partial charge in [0, 0.05) is 12.6 Å². The number of nitrogens with one attached hydrogen (secondary N) is 2. The summed E-state index contributed by atoms with van der Waals surface area (Å²) < 4.78 is 0. The third-order valence-corrected chi connectivity index (χ3v) is 2.41. The second kappa shape index (κ2) is 6.96. The Bertz CT molecular complexity index is 353. The summed E-state index contributed by atoms with van der Waals surface area (Å²) in [5.74, 6) is -1.41. The Morgan fingerprint density at radius 3 is 2.16 bits per heavy atom. The Labute approximate surface area is 113 Å². The molecule has 0 unspecified atom stereocenters. The molecular formula is C12H23N3O4. The number of carboxylic acid groups (broad SMARTS) is 1. The lowest BCUT2D eigenvalue weighted by Crippen LogP contribution is -2.55. The van der Waals surface area contributed by atoms with E-state index < -0.39 is 17.5 Å². The number of aliphatic carboxylic acids is 1. The SMILES string of the molecule is CCN(CC(=O)NC(C)C)C(=O)NC(C)(C)C(=O)O. The van der Waals surface area contributed by atoms with E-state index in [9.17, 15) is 14.4 Å². The molecule has 0 spiro atoms. The van der Waals surface area contributed by atoms with Crippen molar-refractivity contribution in [2.75, 3.05) is 13.1 Å². The van der Waals surface area contributed by atoms with Gasteiger partial charge in [0.05, 0.1) is 0 Å². The lowest BCUT2D eigenvalue weighted by atomic mass is 10.1. The van der Waals surface area contributed by atoms with Crippen molar-refractivity contribution in [2.24, 2.45) is 0 Å². The molecule has 19 heavy (non-hydrogen) atoms. The van der Waals surface area contributed by atoms with Crippen LogP contribution in [-0.4, -0.2) is 52.6 Å². The lowest BCUT2D eigenvalue weighted by Gasteiger charge is -2.27. The highest BCUT2D eigenvalue weighted by Gasteiger charge is 2.31. The highest BCUT2D eigenvalue weighted by Crippen LogP contribution is 2.03. The second-order valence-electron chi connectivity index (χ2n) is 5.10. The van der Waals surface area contributed by atoms with Crippen molar-refractivity contribution in [1.82, 2.24) is 15.5 Å². The van der Waals surface area contributed by atoms with Crippen LogP contribution in [0.25, 0.3) is 0 Å². The molecule has 0 atom stereocenters. The fourth-order valence-electron chi connectivity index (χ4n) is 1.27. The number of carboxylic acids is 1. The summed E-state index contributed by atoms with van der Waals surface area (Å²) in [4.78, 5) is 35.6. The Balaban J connectivity index is 4.57. The van der Waals surface area contributed by atoms with Gasteiger partial charge in [0.15, 0.2) is 0 Å². The first-order chi connectivity index (χ1) is 8.60. The minimum absolute atomic E-state index is 0.00951. The zero-order chi connectivity index (χ0) is 15.2. The maximum Gasteiger partial charge on any atom is 0.328 e. The van der Waals surface area contributed by atoms with Gasteiger partial charge >= 0.3 is 12.0 Å². The molecule has 0 bridgehead atoms. The van der Waals surface area contributed by atoms with E-state index in [2.05, 4.69) is 10.6 Å². The maximum atomic E-state index is 11.9. The highest BCUT2D eigenvalue weighted by atomic mass is 16.4. The van der Waals surface area contributed by atoms with Crippen LogP contribution >= 0.6 is 0 Å². The first-order valence-corrected chi connectivity index (χ1v) is 6.20. The number of carbonyl (C=O) groups excluding carboxylic acids is 2. The van der Waals surface area contributed by atoms with Gasteiger partial charge in [0.2, 0.25) is 5.91 Å². The predicted octanol–water partition coefficient (Wildman–Crippen LogP) is 0.406. The summed E-state index contributed by atoms with van der Waals surface area (Å²) in [6, 6.07) is -0.585. The molecule has 0 aromatic rings. The predicted molar refractivity (Wildman–Crippen MR) is 70.8 cm³/mol. The minimum Gasteiger partial charge on any atom is -0.480 e. The Hall–Kier alpha value is -1.79. The molecule has 7 nitrogen and oxygen atoms in total. The molecule has 3 amide bonds. The van der Waals surface area contributed by atoms with Crippen molar-refractivity contribution < 1.29 is 19.5 Å². The number of amides is 3. The van der Waals surface area contributed by atoms with E-state index >= 15 is 0 Å². The Kier molecular flexibility index (Phi) is 6.31. The molecule has 0 rings (SSSR count). The summed E-state index contributed by atoms with van der Waals surface area (Å²) >= 11 is 0. The first kappa shape index (κ1) is 17.2. The van der Waals surface area contributed by atoms with E-state index in [0.717, 1.165) is 0 Å². The molecule has 0 saturated heterocycles. The third-order valence-electron chi connectivity index (χ3n) is 2.41. The summed E-state index contributed by atoms with van der Waals surface area (Å²) in [6.45, 7) is 8.34. The van der Waals surface area contributed by atoms with Gasteiger partial charge in [0.25, 0.3) is 0 Å². The molecule has 0 aliphatic carbocycles. The molecule has 0 aromatic carbocycles. The quantitative estimate of drug-likeness (QED) is 0.652.